The maximum atomic E-state index is 10.9. The van der Waals surface area contributed by atoms with E-state index in [1.807, 2.05) is 6.92 Å². The van der Waals surface area contributed by atoms with Crippen molar-refractivity contribution in [2.24, 2.45) is 11.3 Å². The van der Waals surface area contributed by atoms with Crippen LogP contribution in [0.5, 0.6) is 0 Å². The summed E-state index contributed by atoms with van der Waals surface area (Å²) in [6, 6.07) is 0. The first-order chi connectivity index (χ1) is 8.78. The molecule has 1 aromatic rings. The minimum absolute atomic E-state index is 0.364. The van der Waals surface area contributed by atoms with Gasteiger partial charge in [-0.05, 0) is 43.9 Å². The highest BCUT2D eigenvalue weighted by atomic mass is 32.1. The number of thiazole rings is 1. The summed E-state index contributed by atoms with van der Waals surface area (Å²) in [6.45, 7) is 9.00. The average Bonchev–Trinajstić information content (AvgIpc) is 2.56. The molecule has 1 aliphatic rings. The Morgan fingerprint density at radius 1 is 1.37 bits per heavy atom. The molecule has 1 saturated carbocycles. The van der Waals surface area contributed by atoms with E-state index in [-0.39, 0.29) is 0 Å². The minimum atomic E-state index is -0.524. The molecule has 2 nitrogen and oxygen atoms in total. The first kappa shape index (κ1) is 15.0. The van der Waals surface area contributed by atoms with Crippen LogP contribution in [-0.4, -0.2) is 15.7 Å². The summed E-state index contributed by atoms with van der Waals surface area (Å²) in [6.07, 6.45) is 6.13. The smallest absolute Gasteiger partial charge is 0.0956 e. The Kier molecular flexibility index (Phi) is 4.36. The van der Waals surface area contributed by atoms with Crippen LogP contribution in [0.25, 0.3) is 0 Å². The van der Waals surface area contributed by atoms with E-state index < -0.39 is 5.60 Å². The van der Waals surface area contributed by atoms with Gasteiger partial charge in [0.2, 0.25) is 0 Å². The molecule has 1 aliphatic carbocycles. The summed E-state index contributed by atoms with van der Waals surface area (Å²) in [4.78, 5) is 4.51. The highest BCUT2D eigenvalue weighted by Crippen LogP contribution is 2.40. The fourth-order valence-electron chi connectivity index (χ4n) is 3.20. The Hall–Kier alpha value is -0.410. The third-order valence-electron chi connectivity index (χ3n) is 4.52. The van der Waals surface area contributed by atoms with E-state index in [4.69, 9.17) is 0 Å². The predicted molar refractivity (Wildman–Crippen MR) is 81.5 cm³/mol. The van der Waals surface area contributed by atoms with Gasteiger partial charge in [0, 0.05) is 17.5 Å². The molecular weight excluding hydrogens is 254 g/mol. The van der Waals surface area contributed by atoms with Crippen molar-refractivity contribution < 1.29 is 5.11 Å². The standard InChI is InChI=1S/C16H27NOS/c1-12-11-19-14(17-12)10-16(18)8-5-6-13(7-9-16)15(2,3)4/h11,13,18H,5-10H2,1-4H3. The highest BCUT2D eigenvalue weighted by molar-refractivity contribution is 7.09. The van der Waals surface area contributed by atoms with Crippen molar-refractivity contribution in [2.45, 2.75) is 71.8 Å². The van der Waals surface area contributed by atoms with Gasteiger partial charge in [-0.3, -0.25) is 0 Å². The van der Waals surface area contributed by atoms with Crippen molar-refractivity contribution in [2.75, 3.05) is 0 Å². The lowest BCUT2D eigenvalue weighted by atomic mass is 9.76. The molecule has 0 aromatic carbocycles. The Morgan fingerprint density at radius 3 is 2.68 bits per heavy atom. The van der Waals surface area contributed by atoms with Crippen LogP contribution in [0.15, 0.2) is 5.38 Å². The quantitative estimate of drug-likeness (QED) is 0.817. The minimum Gasteiger partial charge on any atom is -0.389 e. The van der Waals surface area contributed by atoms with Gasteiger partial charge in [0.15, 0.2) is 0 Å². The molecule has 0 saturated heterocycles. The Bertz CT molecular complexity index is 421. The van der Waals surface area contributed by atoms with E-state index >= 15 is 0 Å². The van der Waals surface area contributed by atoms with Crippen LogP contribution in [-0.2, 0) is 6.42 Å². The second-order valence-electron chi connectivity index (χ2n) is 7.28. The molecule has 3 heteroatoms. The maximum Gasteiger partial charge on any atom is 0.0956 e. The fraction of sp³-hybridized carbons (Fsp3) is 0.812. The molecule has 0 bridgehead atoms. The number of aliphatic hydroxyl groups is 1. The van der Waals surface area contributed by atoms with Gasteiger partial charge in [-0.2, -0.15) is 0 Å². The van der Waals surface area contributed by atoms with E-state index in [0.29, 0.717) is 5.41 Å². The lowest BCUT2D eigenvalue weighted by molar-refractivity contribution is 0.0225. The third kappa shape index (κ3) is 4.03. The Balaban J connectivity index is 2.01. The van der Waals surface area contributed by atoms with Crippen LogP contribution in [0.4, 0.5) is 0 Å². The molecule has 0 aliphatic heterocycles. The molecule has 1 N–H and O–H groups in total. The van der Waals surface area contributed by atoms with Crippen LogP contribution in [0, 0.1) is 18.3 Å². The average molecular weight is 281 g/mol. The normalized spacial score (nSPS) is 29.2. The van der Waals surface area contributed by atoms with Crippen molar-refractivity contribution >= 4 is 11.3 Å². The van der Waals surface area contributed by atoms with Crippen molar-refractivity contribution in [1.82, 2.24) is 4.98 Å². The van der Waals surface area contributed by atoms with E-state index in [9.17, 15) is 5.11 Å². The number of aryl methyl sites for hydroxylation is 1. The van der Waals surface area contributed by atoms with Crippen molar-refractivity contribution in [3.8, 4) is 0 Å². The molecule has 1 fully saturated rings. The maximum absolute atomic E-state index is 10.9. The van der Waals surface area contributed by atoms with Gasteiger partial charge < -0.3 is 5.11 Å². The van der Waals surface area contributed by atoms with E-state index in [1.165, 1.54) is 6.42 Å². The molecule has 0 spiro atoms. The fourth-order valence-corrected chi connectivity index (χ4v) is 4.11. The zero-order valence-corrected chi connectivity index (χ0v) is 13.5. The van der Waals surface area contributed by atoms with Crippen LogP contribution >= 0.6 is 11.3 Å². The zero-order valence-electron chi connectivity index (χ0n) is 12.7. The number of nitrogens with zero attached hydrogens (tertiary/aromatic N) is 1. The van der Waals surface area contributed by atoms with Crippen LogP contribution in [0.1, 0.15) is 63.6 Å². The van der Waals surface area contributed by atoms with E-state index in [1.54, 1.807) is 11.3 Å². The second kappa shape index (κ2) is 5.53. The number of rotatable bonds is 2. The summed E-state index contributed by atoms with van der Waals surface area (Å²) in [5.41, 5.74) is 0.914. The van der Waals surface area contributed by atoms with E-state index in [2.05, 4.69) is 31.1 Å². The number of aromatic nitrogens is 1. The van der Waals surface area contributed by atoms with Gasteiger partial charge in [-0.1, -0.05) is 27.2 Å². The van der Waals surface area contributed by atoms with Crippen LogP contribution in [0.3, 0.4) is 0 Å². The molecule has 19 heavy (non-hydrogen) atoms. The van der Waals surface area contributed by atoms with Gasteiger partial charge >= 0.3 is 0 Å². The van der Waals surface area contributed by atoms with Crippen molar-refractivity contribution in [1.29, 1.82) is 0 Å². The lowest BCUT2D eigenvalue weighted by Crippen LogP contribution is -2.31. The van der Waals surface area contributed by atoms with Crippen LogP contribution < -0.4 is 0 Å². The van der Waals surface area contributed by atoms with E-state index in [0.717, 1.165) is 48.7 Å². The third-order valence-corrected chi connectivity index (χ3v) is 5.49. The van der Waals surface area contributed by atoms with Gasteiger partial charge in [0.1, 0.15) is 0 Å². The van der Waals surface area contributed by atoms with Crippen molar-refractivity contribution in [3.63, 3.8) is 0 Å². The molecule has 2 rings (SSSR count). The SMILES string of the molecule is Cc1csc(CC2(O)CCCC(C(C)(C)C)CC2)n1. The molecule has 2 unspecified atom stereocenters. The topological polar surface area (TPSA) is 33.1 Å². The largest absolute Gasteiger partial charge is 0.389 e. The molecule has 2 atom stereocenters. The number of hydrogen-bond donors (Lipinski definition) is 1. The van der Waals surface area contributed by atoms with Gasteiger partial charge in [-0.15, -0.1) is 11.3 Å². The summed E-state index contributed by atoms with van der Waals surface area (Å²) in [7, 11) is 0. The highest BCUT2D eigenvalue weighted by Gasteiger charge is 2.35. The Morgan fingerprint density at radius 2 is 2.11 bits per heavy atom. The molecule has 1 aromatic heterocycles. The van der Waals surface area contributed by atoms with Gasteiger partial charge in [0.05, 0.1) is 10.6 Å². The molecule has 0 amide bonds. The first-order valence-corrected chi connectivity index (χ1v) is 8.30. The monoisotopic (exact) mass is 281 g/mol. The molecular formula is C16H27NOS. The van der Waals surface area contributed by atoms with Gasteiger partial charge in [-0.25, -0.2) is 4.98 Å². The molecule has 0 radical (unpaired) electrons. The first-order valence-electron chi connectivity index (χ1n) is 7.42. The van der Waals surface area contributed by atoms with Crippen molar-refractivity contribution in [3.05, 3.63) is 16.1 Å². The Labute approximate surface area is 121 Å². The zero-order chi connectivity index (χ0) is 14.1. The van der Waals surface area contributed by atoms with Crippen LogP contribution in [0.2, 0.25) is 0 Å². The summed E-state index contributed by atoms with van der Waals surface area (Å²) in [5, 5.41) is 14.0. The summed E-state index contributed by atoms with van der Waals surface area (Å²) < 4.78 is 0. The molecule has 1 heterocycles. The summed E-state index contributed by atoms with van der Waals surface area (Å²) >= 11 is 1.68. The second-order valence-corrected chi connectivity index (χ2v) is 8.22. The lowest BCUT2D eigenvalue weighted by Gasteiger charge is -2.30. The van der Waals surface area contributed by atoms with Gasteiger partial charge in [0.25, 0.3) is 0 Å². The summed E-state index contributed by atoms with van der Waals surface area (Å²) in [5.74, 6) is 0.736. The molecule has 108 valence electrons. The predicted octanol–water partition coefficient (Wildman–Crippen LogP) is 4.35. The number of hydrogen-bond acceptors (Lipinski definition) is 3.